The molecule has 3 heterocycles. The van der Waals surface area contributed by atoms with Gasteiger partial charge in [0.1, 0.15) is 36.4 Å². The Morgan fingerprint density at radius 2 is 1.42 bits per heavy atom. The molecule has 0 spiro atoms. The summed E-state index contributed by atoms with van der Waals surface area (Å²) in [6, 6.07) is 21.2. The average molecular weight is 1270 g/mol. The normalized spacial score (nSPS) is 16.7. The highest BCUT2D eigenvalue weighted by Crippen LogP contribution is 2.35. The van der Waals surface area contributed by atoms with Gasteiger partial charge in [-0.2, -0.15) is 0 Å². The number of nitrogens with two attached hydrogens (primary N) is 1. The number of likely N-dealkylation sites (N-methyl/N-ethyl adjacent to an activating group) is 1. The van der Waals surface area contributed by atoms with Crippen LogP contribution in [0.15, 0.2) is 91.1 Å². The van der Waals surface area contributed by atoms with E-state index in [0.717, 1.165) is 48.1 Å². The van der Waals surface area contributed by atoms with Crippen molar-refractivity contribution in [3.05, 3.63) is 147 Å². The number of aryl methyl sites for hydroxylation is 1. The SMILES string of the molecule is CN[C@@H](C)C(=O)N[C@H](C(=O)N1Cc2cc(OCCOCCOCCOCCOCCC(=O)N3CCN(C(=O)c4ccc(NC(=O)c5cnc(N)c(O[C@H](C)c6c(F)ccc(Cl)c6F)c5)cc4)CC3)ccc2C[C@H]1C(=O)N[C@@H]1CCCc2ccccc21)C(C)(C)C. The molecule has 4 aromatic carbocycles. The molecule has 21 nitrogen and oxygen atoms in total. The Hall–Kier alpha value is -7.80. The summed E-state index contributed by atoms with van der Waals surface area (Å²) >= 11 is 5.84. The Bertz CT molecular complexity index is 3310. The third kappa shape index (κ3) is 18.2. The lowest BCUT2D eigenvalue weighted by Gasteiger charge is -2.41. The van der Waals surface area contributed by atoms with Crippen LogP contribution in [0.25, 0.3) is 0 Å². The molecule has 24 heteroatoms. The maximum atomic E-state index is 14.7. The number of nitrogen functional groups attached to an aromatic ring is 1. The maximum Gasteiger partial charge on any atom is 0.257 e. The van der Waals surface area contributed by atoms with Crippen LogP contribution in [-0.4, -0.2) is 166 Å². The lowest BCUT2D eigenvalue weighted by Crippen LogP contribution is -2.62. The van der Waals surface area contributed by atoms with Crippen molar-refractivity contribution >= 4 is 58.5 Å². The van der Waals surface area contributed by atoms with Crippen LogP contribution in [0.2, 0.25) is 5.02 Å². The molecule has 484 valence electrons. The number of hydrogen-bond acceptors (Lipinski definition) is 15. The topological polar surface area (TPSA) is 255 Å². The van der Waals surface area contributed by atoms with Crippen LogP contribution in [-0.2, 0) is 57.5 Å². The maximum absolute atomic E-state index is 14.7. The second kappa shape index (κ2) is 32.3. The quantitative estimate of drug-likeness (QED) is 0.0242. The van der Waals surface area contributed by atoms with E-state index in [9.17, 15) is 37.5 Å². The predicted molar refractivity (Wildman–Crippen MR) is 334 cm³/mol. The number of amides is 6. The number of carbonyl (C=O) groups excluding carboxylic acids is 6. The Kier molecular flexibility index (Phi) is 24.4. The number of hydrogen-bond donors (Lipinski definition) is 5. The van der Waals surface area contributed by atoms with E-state index in [-0.39, 0.29) is 83.9 Å². The lowest BCUT2D eigenvalue weighted by molar-refractivity contribution is -0.147. The third-order valence-electron chi connectivity index (χ3n) is 16.1. The molecule has 0 bridgehead atoms. The van der Waals surface area contributed by atoms with Crippen LogP contribution >= 0.6 is 11.6 Å². The summed E-state index contributed by atoms with van der Waals surface area (Å²) in [7, 11) is 1.69. The van der Waals surface area contributed by atoms with Gasteiger partial charge in [0.2, 0.25) is 23.6 Å². The minimum atomic E-state index is -1.16. The van der Waals surface area contributed by atoms with Gasteiger partial charge in [0.25, 0.3) is 11.8 Å². The van der Waals surface area contributed by atoms with Gasteiger partial charge in [-0.3, -0.25) is 28.8 Å². The summed E-state index contributed by atoms with van der Waals surface area (Å²) in [5, 5.41) is 11.7. The van der Waals surface area contributed by atoms with E-state index in [1.54, 1.807) is 52.9 Å². The van der Waals surface area contributed by atoms with E-state index in [1.807, 2.05) is 51.1 Å². The fourth-order valence-electron chi connectivity index (χ4n) is 10.9. The first kappa shape index (κ1) is 68.1. The number of fused-ring (bicyclic) bond motifs is 2. The minimum absolute atomic E-state index is 0.0547. The van der Waals surface area contributed by atoms with Crippen LogP contribution in [0.3, 0.4) is 0 Å². The average Bonchev–Trinajstić information content (AvgIpc) is 1.42. The highest BCUT2D eigenvalue weighted by atomic mass is 35.5. The number of pyridine rings is 1. The number of anilines is 2. The number of rotatable bonds is 28. The van der Waals surface area contributed by atoms with Gasteiger partial charge in [-0.25, -0.2) is 13.8 Å². The summed E-state index contributed by atoms with van der Waals surface area (Å²) in [6.07, 6.45) is 3.26. The largest absolute Gasteiger partial charge is 0.491 e. The number of halogens is 3. The second-order valence-electron chi connectivity index (χ2n) is 23.5. The smallest absolute Gasteiger partial charge is 0.257 e. The summed E-state index contributed by atoms with van der Waals surface area (Å²) in [5.41, 5.74) is 9.85. The van der Waals surface area contributed by atoms with Crippen molar-refractivity contribution in [3.63, 3.8) is 0 Å². The van der Waals surface area contributed by atoms with E-state index in [1.165, 1.54) is 24.8 Å². The molecule has 1 aliphatic carbocycles. The molecular formula is C66H82ClF2N9O12. The Balaban J connectivity index is 0.673. The zero-order chi connectivity index (χ0) is 64.5. The molecule has 5 atom stereocenters. The molecule has 0 radical (unpaired) electrons. The van der Waals surface area contributed by atoms with Crippen molar-refractivity contribution < 1.29 is 66.0 Å². The van der Waals surface area contributed by atoms with Crippen LogP contribution in [0.5, 0.6) is 11.5 Å². The number of piperazine rings is 1. The van der Waals surface area contributed by atoms with Crippen molar-refractivity contribution in [2.45, 2.75) is 104 Å². The highest BCUT2D eigenvalue weighted by molar-refractivity contribution is 6.30. The number of nitrogens with one attached hydrogen (secondary N) is 4. The Morgan fingerprint density at radius 3 is 2.10 bits per heavy atom. The molecule has 0 unspecified atom stereocenters. The second-order valence-corrected chi connectivity index (χ2v) is 23.9. The van der Waals surface area contributed by atoms with Crippen LogP contribution in [0, 0.1) is 17.0 Å². The first-order valence-electron chi connectivity index (χ1n) is 30.5. The van der Waals surface area contributed by atoms with Gasteiger partial charge in [0.05, 0.1) is 87.5 Å². The van der Waals surface area contributed by atoms with Crippen molar-refractivity contribution in [3.8, 4) is 11.5 Å². The number of nitrogens with zero attached hydrogens (tertiary/aromatic N) is 4. The van der Waals surface area contributed by atoms with Crippen LogP contribution < -0.4 is 36.5 Å². The van der Waals surface area contributed by atoms with Gasteiger partial charge in [-0.15, -0.1) is 0 Å². The van der Waals surface area contributed by atoms with Gasteiger partial charge in [0, 0.05) is 56.6 Å². The first-order valence-corrected chi connectivity index (χ1v) is 30.8. The van der Waals surface area contributed by atoms with Gasteiger partial charge in [-0.1, -0.05) is 62.7 Å². The van der Waals surface area contributed by atoms with Crippen LogP contribution in [0.1, 0.15) is 115 Å². The zero-order valence-electron chi connectivity index (χ0n) is 51.9. The molecule has 5 aromatic rings. The summed E-state index contributed by atoms with van der Waals surface area (Å²) in [6.45, 7) is 13.2. The summed E-state index contributed by atoms with van der Waals surface area (Å²) in [5.74, 6) is -3.15. The lowest BCUT2D eigenvalue weighted by atomic mass is 9.83. The number of benzene rings is 4. The molecule has 0 saturated carbocycles. The molecule has 1 aromatic heterocycles. The van der Waals surface area contributed by atoms with Crippen molar-refractivity contribution in [1.82, 2.24) is 35.6 Å². The minimum Gasteiger partial charge on any atom is -0.491 e. The molecule has 2 aliphatic heterocycles. The van der Waals surface area contributed by atoms with Crippen molar-refractivity contribution in [1.29, 1.82) is 0 Å². The van der Waals surface area contributed by atoms with E-state index < -0.39 is 52.7 Å². The van der Waals surface area contributed by atoms with E-state index >= 15 is 0 Å². The molecule has 1 saturated heterocycles. The fourth-order valence-corrected chi connectivity index (χ4v) is 11.0. The molecule has 6 N–H and O–H groups in total. The van der Waals surface area contributed by atoms with Gasteiger partial charge < -0.3 is 70.1 Å². The van der Waals surface area contributed by atoms with Crippen molar-refractivity contribution in [2.75, 3.05) is 104 Å². The third-order valence-corrected chi connectivity index (χ3v) is 16.4. The zero-order valence-corrected chi connectivity index (χ0v) is 52.6. The summed E-state index contributed by atoms with van der Waals surface area (Å²) < 4.78 is 63.5. The molecular weight excluding hydrogens is 1180 g/mol. The van der Waals surface area contributed by atoms with Gasteiger partial charge in [0.15, 0.2) is 17.4 Å². The molecule has 90 heavy (non-hydrogen) atoms. The van der Waals surface area contributed by atoms with E-state index in [0.29, 0.717) is 95.8 Å². The van der Waals surface area contributed by atoms with E-state index in [2.05, 4.69) is 38.4 Å². The number of aromatic nitrogens is 1. The standard InChI is InChI=1S/C66H82ClF2N9O12/c1-41(71-6)61(80)75-59(66(3,4)5)65(84)78-40-47-36-49(19-16-45(47)37-54(78)63(82)74-53-13-9-11-43-10-7-8-12-50(43)53)89-35-34-88-33-32-87-31-30-86-29-28-85-27-22-56(79)76-23-25-77(26-24-76)64(83)44-14-17-48(18-15-44)73-62(81)46-38-55(60(70)72-39-46)90-42(2)57-52(68)21-20-51(67)58(57)69/h7-8,10,12,14-21,36,38-39,41-42,53-54,59,71H,9,11,13,22-35,37,40H2,1-6H3,(H2,70,72)(H,73,81)(H,74,82)(H,75,80)/t41-,42+,53+,54-,59+/m0/s1. The summed E-state index contributed by atoms with van der Waals surface area (Å²) in [4.78, 5) is 90.7. The van der Waals surface area contributed by atoms with E-state index in [4.69, 9.17) is 45.8 Å². The van der Waals surface area contributed by atoms with Gasteiger partial charge >= 0.3 is 0 Å². The molecule has 8 rings (SSSR count). The monoisotopic (exact) mass is 1270 g/mol. The first-order chi connectivity index (χ1) is 43.2. The number of ether oxygens (including phenoxy) is 6. The molecule has 6 amide bonds. The van der Waals surface area contributed by atoms with Gasteiger partial charge in [-0.05, 0) is 122 Å². The number of carbonyl (C=O) groups is 6. The molecule has 3 aliphatic rings. The van der Waals surface area contributed by atoms with Crippen molar-refractivity contribution in [2.24, 2.45) is 5.41 Å². The fraction of sp³-hybridized carbons (Fsp3) is 0.470. The predicted octanol–water partition coefficient (Wildman–Crippen LogP) is 7.39. The highest BCUT2D eigenvalue weighted by Gasteiger charge is 2.43. The van der Waals surface area contributed by atoms with Crippen LogP contribution in [0.4, 0.5) is 20.3 Å². The Labute approximate surface area is 528 Å². The molecule has 1 fully saturated rings. The Morgan fingerprint density at radius 1 is 0.767 bits per heavy atom.